The molecular formula is C15H26N4O. The van der Waals surface area contributed by atoms with E-state index < -0.39 is 0 Å². The number of aryl methyl sites for hydroxylation is 1. The van der Waals surface area contributed by atoms with Gasteiger partial charge in [0, 0.05) is 31.6 Å². The number of nitrogens with one attached hydrogen (secondary N) is 2. The van der Waals surface area contributed by atoms with Crippen LogP contribution in [0.2, 0.25) is 0 Å². The second kappa shape index (κ2) is 6.88. The first-order chi connectivity index (χ1) is 9.63. The number of rotatable bonds is 5. The van der Waals surface area contributed by atoms with E-state index in [0.717, 1.165) is 37.4 Å². The van der Waals surface area contributed by atoms with Crippen LogP contribution in [0.4, 0.5) is 5.82 Å². The molecule has 5 nitrogen and oxygen atoms in total. The molecule has 0 aromatic carbocycles. The average Bonchev–Trinajstić information content (AvgIpc) is 2.47. The summed E-state index contributed by atoms with van der Waals surface area (Å²) in [5, 5.41) is 3.52. The van der Waals surface area contributed by atoms with Crippen LogP contribution in [0, 0.1) is 0 Å². The molecule has 0 unspecified atom stereocenters. The third-order valence-corrected chi connectivity index (χ3v) is 4.21. The second-order valence-electron chi connectivity index (χ2n) is 5.58. The molecule has 1 aliphatic rings. The number of hydrogen-bond donors (Lipinski definition) is 2. The first-order valence-corrected chi connectivity index (χ1v) is 7.70. The summed E-state index contributed by atoms with van der Waals surface area (Å²) in [4.78, 5) is 21.2. The lowest BCUT2D eigenvalue weighted by atomic mass is 9.90. The first-order valence-electron chi connectivity index (χ1n) is 7.70. The number of aromatic nitrogens is 2. The highest BCUT2D eigenvalue weighted by Crippen LogP contribution is 2.24. The maximum Gasteiger partial charge on any atom is 0.252 e. The monoisotopic (exact) mass is 278 g/mol. The van der Waals surface area contributed by atoms with Gasteiger partial charge in [-0.3, -0.25) is 4.79 Å². The molecule has 1 heterocycles. The van der Waals surface area contributed by atoms with Gasteiger partial charge in [-0.25, -0.2) is 4.98 Å². The zero-order valence-electron chi connectivity index (χ0n) is 12.8. The summed E-state index contributed by atoms with van der Waals surface area (Å²) in [6.45, 7) is 5.20. The number of aromatic amines is 1. The molecule has 2 N–H and O–H groups in total. The Balaban J connectivity index is 2.03. The van der Waals surface area contributed by atoms with Gasteiger partial charge in [-0.05, 0) is 32.2 Å². The van der Waals surface area contributed by atoms with Gasteiger partial charge >= 0.3 is 0 Å². The van der Waals surface area contributed by atoms with Gasteiger partial charge < -0.3 is 15.2 Å². The summed E-state index contributed by atoms with van der Waals surface area (Å²) in [7, 11) is 2.06. The molecule has 20 heavy (non-hydrogen) atoms. The van der Waals surface area contributed by atoms with Gasteiger partial charge in [0.1, 0.15) is 11.6 Å². The zero-order valence-corrected chi connectivity index (χ0v) is 12.8. The van der Waals surface area contributed by atoms with Crippen molar-refractivity contribution in [2.24, 2.45) is 0 Å². The summed E-state index contributed by atoms with van der Waals surface area (Å²) in [6.07, 6.45) is 5.47. The predicted octanol–water partition coefficient (Wildman–Crippen LogP) is 1.69. The minimum atomic E-state index is -0.0555. The van der Waals surface area contributed by atoms with Crippen molar-refractivity contribution >= 4 is 5.82 Å². The molecule has 0 bridgehead atoms. The molecule has 112 valence electrons. The summed E-state index contributed by atoms with van der Waals surface area (Å²) < 4.78 is 0. The van der Waals surface area contributed by atoms with Gasteiger partial charge in [0.25, 0.3) is 5.56 Å². The van der Waals surface area contributed by atoms with Crippen LogP contribution in [0.25, 0.3) is 0 Å². The smallest absolute Gasteiger partial charge is 0.252 e. The van der Waals surface area contributed by atoms with Gasteiger partial charge in [-0.15, -0.1) is 0 Å². The minimum Gasteiger partial charge on any atom is -0.356 e. The summed E-state index contributed by atoms with van der Waals surface area (Å²) in [5.74, 6) is 1.57. The van der Waals surface area contributed by atoms with Crippen molar-refractivity contribution in [3.8, 4) is 0 Å². The Hall–Kier alpha value is -1.36. The van der Waals surface area contributed by atoms with Crippen LogP contribution in [-0.2, 0) is 6.42 Å². The van der Waals surface area contributed by atoms with Gasteiger partial charge in [0.2, 0.25) is 0 Å². The van der Waals surface area contributed by atoms with E-state index in [9.17, 15) is 4.79 Å². The van der Waals surface area contributed by atoms with Crippen molar-refractivity contribution < 1.29 is 0 Å². The fourth-order valence-corrected chi connectivity index (χ4v) is 2.99. The van der Waals surface area contributed by atoms with E-state index in [0.29, 0.717) is 12.1 Å². The summed E-state index contributed by atoms with van der Waals surface area (Å²) >= 11 is 0. The molecular weight excluding hydrogens is 252 g/mol. The van der Waals surface area contributed by atoms with Crippen molar-refractivity contribution in [1.82, 2.24) is 15.3 Å². The van der Waals surface area contributed by atoms with Crippen LogP contribution in [0.3, 0.4) is 0 Å². The minimum absolute atomic E-state index is 0.0555. The van der Waals surface area contributed by atoms with E-state index in [4.69, 9.17) is 0 Å². The highest BCUT2D eigenvalue weighted by molar-refractivity contribution is 5.38. The lowest BCUT2D eigenvalue weighted by Crippen LogP contribution is -2.41. The normalized spacial score (nSPS) is 22.8. The standard InChI is InChI=1S/C15H26N4O/c1-4-13-17-14(10-15(20)18-13)19(3)12-8-6-11(7-9-12)16-5-2/h10-12,16H,4-9H2,1-3H3,(H,17,18,20). The fraction of sp³-hybridized carbons (Fsp3) is 0.733. The van der Waals surface area contributed by atoms with Crippen molar-refractivity contribution in [2.75, 3.05) is 18.5 Å². The molecule has 0 atom stereocenters. The maximum atomic E-state index is 11.7. The van der Waals surface area contributed by atoms with Crippen LogP contribution in [0.15, 0.2) is 10.9 Å². The fourth-order valence-electron chi connectivity index (χ4n) is 2.99. The highest BCUT2D eigenvalue weighted by atomic mass is 16.1. The molecule has 0 radical (unpaired) electrons. The van der Waals surface area contributed by atoms with Crippen LogP contribution in [0.1, 0.15) is 45.4 Å². The van der Waals surface area contributed by atoms with Crippen LogP contribution < -0.4 is 15.8 Å². The molecule has 0 spiro atoms. The summed E-state index contributed by atoms with van der Waals surface area (Å²) in [5.41, 5.74) is -0.0555. The average molecular weight is 278 g/mol. The quantitative estimate of drug-likeness (QED) is 0.860. The molecule has 0 amide bonds. The lowest BCUT2D eigenvalue weighted by molar-refractivity contribution is 0.340. The maximum absolute atomic E-state index is 11.7. The van der Waals surface area contributed by atoms with Crippen molar-refractivity contribution in [1.29, 1.82) is 0 Å². The Kier molecular flexibility index (Phi) is 5.17. The predicted molar refractivity (Wildman–Crippen MR) is 82.4 cm³/mol. The Bertz CT molecular complexity index is 477. The molecule has 0 saturated heterocycles. The Morgan fingerprint density at radius 3 is 2.65 bits per heavy atom. The number of hydrogen-bond acceptors (Lipinski definition) is 4. The SMILES string of the molecule is CCNC1CCC(N(C)c2cc(=O)[nH]c(CC)n2)CC1. The number of anilines is 1. The van der Waals surface area contributed by atoms with Gasteiger partial charge in [0.05, 0.1) is 0 Å². The van der Waals surface area contributed by atoms with Crippen LogP contribution >= 0.6 is 0 Å². The van der Waals surface area contributed by atoms with Gasteiger partial charge in [-0.1, -0.05) is 13.8 Å². The van der Waals surface area contributed by atoms with Crippen molar-refractivity contribution in [3.05, 3.63) is 22.2 Å². The number of nitrogens with zero attached hydrogens (tertiary/aromatic N) is 2. The second-order valence-corrected chi connectivity index (χ2v) is 5.58. The third kappa shape index (κ3) is 3.60. The topological polar surface area (TPSA) is 61.0 Å². The zero-order chi connectivity index (χ0) is 14.5. The molecule has 2 rings (SSSR count). The molecule has 1 fully saturated rings. The Morgan fingerprint density at radius 1 is 1.35 bits per heavy atom. The summed E-state index contributed by atoms with van der Waals surface area (Å²) in [6, 6.07) is 2.75. The lowest BCUT2D eigenvalue weighted by Gasteiger charge is -2.35. The molecule has 5 heteroatoms. The molecule has 1 aromatic rings. The van der Waals surface area contributed by atoms with E-state index in [1.165, 1.54) is 12.8 Å². The molecule has 1 saturated carbocycles. The van der Waals surface area contributed by atoms with Crippen molar-refractivity contribution in [3.63, 3.8) is 0 Å². The Morgan fingerprint density at radius 2 is 2.05 bits per heavy atom. The van der Waals surface area contributed by atoms with Gasteiger partial charge in [0.15, 0.2) is 0 Å². The highest BCUT2D eigenvalue weighted by Gasteiger charge is 2.24. The third-order valence-electron chi connectivity index (χ3n) is 4.21. The molecule has 1 aliphatic carbocycles. The van der Waals surface area contributed by atoms with Crippen LogP contribution in [0.5, 0.6) is 0 Å². The van der Waals surface area contributed by atoms with Crippen molar-refractivity contribution in [2.45, 2.75) is 58.0 Å². The Labute approximate surface area is 120 Å². The van der Waals surface area contributed by atoms with E-state index in [1.807, 2.05) is 6.92 Å². The molecule has 0 aliphatic heterocycles. The number of H-pyrrole nitrogens is 1. The van der Waals surface area contributed by atoms with E-state index in [2.05, 4.69) is 34.2 Å². The largest absolute Gasteiger partial charge is 0.356 e. The van der Waals surface area contributed by atoms with E-state index in [1.54, 1.807) is 6.07 Å². The van der Waals surface area contributed by atoms with Gasteiger partial charge in [-0.2, -0.15) is 0 Å². The van der Waals surface area contributed by atoms with Crippen LogP contribution in [-0.4, -0.2) is 35.6 Å². The van der Waals surface area contributed by atoms with E-state index in [-0.39, 0.29) is 5.56 Å². The first kappa shape index (κ1) is 15.0. The van der Waals surface area contributed by atoms with E-state index >= 15 is 0 Å². The molecule has 1 aromatic heterocycles.